The number of phenols is 1. The van der Waals surface area contributed by atoms with Crippen molar-refractivity contribution >= 4 is 11.4 Å². The van der Waals surface area contributed by atoms with Crippen molar-refractivity contribution in [2.24, 2.45) is 0 Å². The molecule has 0 aliphatic heterocycles. The van der Waals surface area contributed by atoms with Crippen LogP contribution in [0.25, 0.3) is 0 Å². The summed E-state index contributed by atoms with van der Waals surface area (Å²) in [5.41, 5.74) is 10.9. The van der Waals surface area contributed by atoms with Gasteiger partial charge in [0.2, 0.25) is 0 Å². The Balaban J connectivity index is 2.29. The normalized spacial score (nSPS) is 10.6. The highest BCUT2D eigenvalue weighted by atomic mass is 16.3. The molecule has 20 heavy (non-hydrogen) atoms. The smallest absolute Gasteiger partial charge is 0.117 e. The number of benzene rings is 1. The van der Waals surface area contributed by atoms with E-state index in [9.17, 15) is 5.11 Å². The van der Waals surface area contributed by atoms with E-state index in [1.165, 1.54) is 0 Å². The summed E-state index contributed by atoms with van der Waals surface area (Å²) in [6, 6.07) is 7.26. The van der Waals surface area contributed by atoms with Crippen molar-refractivity contribution in [3.8, 4) is 5.75 Å². The van der Waals surface area contributed by atoms with E-state index in [0.29, 0.717) is 6.54 Å². The first-order valence-corrected chi connectivity index (χ1v) is 6.77. The molecule has 0 fully saturated rings. The minimum atomic E-state index is 0.272. The Kier molecular flexibility index (Phi) is 4.13. The van der Waals surface area contributed by atoms with Crippen LogP contribution in [-0.2, 0) is 6.54 Å². The summed E-state index contributed by atoms with van der Waals surface area (Å²) in [5.74, 6) is 0.272. The van der Waals surface area contributed by atoms with Crippen molar-refractivity contribution in [1.29, 1.82) is 0 Å². The SMILES string of the molecule is CCN(Cc1ncc(C)c(N)c1C)c1cccc(O)c1. The molecule has 0 amide bonds. The zero-order chi connectivity index (χ0) is 14.7. The van der Waals surface area contributed by atoms with Gasteiger partial charge in [0.05, 0.1) is 12.2 Å². The number of phenolic OH excluding ortho intramolecular Hbond substituents is 1. The number of hydrogen-bond donors (Lipinski definition) is 2. The molecule has 2 rings (SSSR count). The second-order valence-electron chi connectivity index (χ2n) is 4.96. The lowest BCUT2D eigenvalue weighted by atomic mass is 10.1. The first-order valence-electron chi connectivity index (χ1n) is 6.77. The van der Waals surface area contributed by atoms with Crippen LogP contribution in [0.2, 0.25) is 0 Å². The van der Waals surface area contributed by atoms with E-state index in [4.69, 9.17) is 5.73 Å². The molecule has 4 heteroatoms. The van der Waals surface area contributed by atoms with Crippen LogP contribution in [0.3, 0.4) is 0 Å². The fourth-order valence-corrected chi connectivity index (χ4v) is 2.21. The van der Waals surface area contributed by atoms with Gasteiger partial charge >= 0.3 is 0 Å². The molecule has 2 aromatic rings. The number of hydrogen-bond acceptors (Lipinski definition) is 4. The third-order valence-electron chi connectivity index (χ3n) is 3.59. The Morgan fingerprint density at radius 1 is 1.30 bits per heavy atom. The highest BCUT2D eigenvalue weighted by molar-refractivity contribution is 5.55. The number of rotatable bonds is 4. The predicted molar refractivity (Wildman–Crippen MR) is 83.0 cm³/mol. The van der Waals surface area contributed by atoms with Crippen molar-refractivity contribution in [3.05, 3.63) is 47.3 Å². The number of aryl methyl sites for hydroxylation is 1. The zero-order valence-electron chi connectivity index (χ0n) is 12.2. The van der Waals surface area contributed by atoms with Crippen molar-refractivity contribution in [2.75, 3.05) is 17.2 Å². The van der Waals surface area contributed by atoms with Gasteiger partial charge in [-0.25, -0.2) is 0 Å². The van der Waals surface area contributed by atoms with E-state index in [-0.39, 0.29) is 5.75 Å². The molecule has 0 aliphatic rings. The van der Waals surface area contributed by atoms with Gasteiger partial charge in [0, 0.05) is 30.2 Å². The molecule has 0 saturated heterocycles. The molecule has 0 unspecified atom stereocenters. The van der Waals surface area contributed by atoms with Crippen LogP contribution >= 0.6 is 0 Å². The third kappa shape index (κ3) is 2.85. The number of anilines is 2. The lowest BCUT2D eigenvalue weighted by molar-refractivity contribution is 0.475. The monoisotopic (exact) mass is 271 g/mol. The first kappa shape index (κ1) is 14.2. The van der Waals surface area contributed by atoms with Gasteiger partial charge in [-0.2, -0.15) is 0 Å². The summed E-state index contributed by atoms with van der Waals surface area (Å²) < 4.78 is 0. The Morgan fingerprint density at radius 3 is 2.70 bits per heavy atom. The number of aromatic nitrogens is 1. The molecule has 0 bridgehead atoms. The topological polar surface area (TPSA) is 62.4 Å². The molecule has 0 spiro atoms. The predicted octanol–water partition coefficient (Wildman–Crippen LogP) is 3.01. The summed E-state index contributed by atoms with van der Waals surface area (Å²) in [6.07, 6.45) is 1.81. The Hall–Kier alpha value is -2.23. The van der Waals surface area contributed by atoms with Gasteiger partial charge in [0.25, 0.3) is 0 Å². The van der Waals surface area contributed by atoms with Gasteiger partial charge in [-0.1, -0.05) is 6.07 Å². The van der Waals surface area contributed by atoms with Crippen LogP contribution in [0.5, 0.6) is 5.75 Å². The number of nitrogen functional groups attached to an aromatic ring is 1. The average molecular weight is 271 g/mol. The van der Waals surface area contributed by atoms with Gasteiger partial charge < -0.3 is 15.7 Å². The van der Waals surface area contributed by atoms with E-state index in [1.807, 2.05) is 32.2 Å². The number of nitrogens with two attached hydrogens (primary N) is 1. The molecule has 0 atom stereocenters. The molecule has 4 nitrogen and oxygen atoms in total. The zero-order valence-corrected chi connectivity index (χ0v) is 12.2. The summed E-state index contributed by atoms with van der Waals surface area (Å²) in [7, 11) is 0. The number of pyridine rings is 1. The van der Waals surface area contributed by atoms with E-state index < -0.39 is 0 Å². The highest BCUT2D eigenvalue weighted by Crippen LogP contribution is 2.24. The summed E-state index contributed by atoms with van der Waals surface area (Å²) >= 11 is 0. The van der Waals surface area contributed by atoms with Gasteiger partial charge in [-0.15, -0.1) is 0 Å². The van der Waals surface area contributed by atoms with Crippen molar-refractivity contribution < 1.29 is 5.11 Å². The first-order chi connectivity index (χ1) is 9.52. The van der Waals surface area contributed by atoms with Crippen LogP contribution in [0.4, 0.5) is 11.4 Å². The maximum atomic E-state index is 9.60. The van der Waals surface area contributed by atoms with Crippen molar-refractivity contribution in [1.82, 2.24) is 4.98 Å². The van der Waals surface area contributed by atoms with E-state index in [1.54, 1.807) is 12.1 Å². The second-order valence-corrected chi connectivity index (χ2v) is 4.96. The highest BCUT2D eigenvalue weighted by Gasteiger charge is 2.11. The summed E-state index contributed by atoms with van der Waals surface area (Å²) in [5, 5.41) is 9.60. The molecule has 0 radical (unpaired) electrons. The van der Waals surface area contributed by atoms with Gasteiger partial charge in [-0.3, -0.25) is 4.98 Å². The standard InChI is InChI=1S/C16H21N3O/c1-4-19(13-6-5-7-14(20)8-13)10-15-12(3)16(17)11(2)9-18-15/h5-9,20H,4,10H2,1-3H3,(H2,17,18). The van der Waals surface area contributed by atoms with Crippen LogP contribution in [-0.4, -0.2) is 16.6 Å². The maximum absolute atomic E-state index is 9.60. The van der Waals surface area contributed by atoms with Crippen LogP contribution in [0, 0.1) is 13.8 Å². The lowest BCUT2D eigenvalue weighted by Crippen LogP contribution is -2.23. The largest absolute Gasteiger partial charge is 0.508 e. The minimum Gasteiger partial charge on any atom is -0.508 e. The molecule has 1 aromatic carbocycles. The maximum Gasteiger partial charge on any atom is 0.117 e. The quantitative estimate of drug-likeness (QED) is 0.897. The van der Waals surface area contributed by atoms with Gasteiger partial charge in [0.15, 0.2) is 0 Å². The van der Waals surface area contributed by atoms with Crippen LogP contribution in [0.1, 0.15) is 23.7 Å². The molecule has 1 aromatic heterocycles. The van der Waals surface area contributed by atoms with E-state index >= 15 is 0 Å². The molecule has 106 valence electrons. The lowest BCUT2D eigenvalue weighted by Gasteiger charge is -2.24. The number of nitrogens with zero attached hydrogens (tertiary/aromatic N) is 2. The van der Waals surface area contributed by atoms with Crippen molar-refractivity contribution in [2.45, 2.75) is 27.3 Å². The van der Waals surface area contributed by atoms with Gasteiger partial charge in [-0.05, 0) is 44.0 Å². The van der Waals surface area contributed by atoms with Crippen molar-refractivity contribution in [3.63, 3.8) is 0 Å². The van der Waals surface area contributed by atoms with Crippen LogP contribution < -0.4 is 10.6 Å². The molecule has 1 heterocycles. The molecule has 0 saturated carbocycles. The fraction of sp³-hybridized carbons (Fsp3) is 0.312. The number of aromatic hydroxyl groups is 1. The van der Waals surface area contributed by atoms with E-state index in [2.05, 4.69) is 16.8 Å². The average Bonchev–Trinajstić information content (AvgIpc) is 2.44. The van der Waals surface area contributed by atoms with E-state index in [0.717, 1.165) is 34.7 Å². The second kappa shape index (κ2) is 5.82. The summed E-state index contributed by atoms with van der Waals surface area (Å²) in [6.45, 7) is 7.55. The molecular formula is C16H21N3O. The Bertz CT molecular complexity index is 611. The van der Waals surface area contributed by atoms with Crippen LogP contribution in [0.15, 0.2) is 30.5 Å². The third-order valence-corrected chi connectivity index (χ3v) is 3.59. The molecular weight excluding hydrogens is 250 g/mol. The Labute approximate surface area is 119 Å². The molecule has 3 N–H and O–H groups in total. The fourth-order valence-electron chi connectivity index (χ4n) is 2.21. The van der Waals surface area contributed by atoms with Gasteiger partial charge in [0.1, 0.15) is 5.75 Å². The molecule has 0 aliphatic carbocycles. The Morgan fingerprint density at radius 2 is 2.05 bits per heavy atom. The summed E-state index contributed by atoms with van der Waals surface area (Å²) in [4.78, 5) is 6.65. The minimum absolute atomic E-state index is 0.272.